The van der Waals surface area contributed by atoms with E-state index in [4.69, 9.17) is 9.47 Å². The summed E-state index contributed by atoms with van der Waals surface area (Å²) in [4.78, 5) is 25.6. The molecule has 1 heterocycles. The number of para-hydroxylation sites is 1. The molecule has 8 heteroatoms. The van der Waals surface area contributed by atoms with Crippen molar-refractivity contribution in [1.29, 1.82) is 0 Å². The van der Waals surface area contributed by atoms with Crippen molar-refractivity contribution < 1.29 is 19.2 Å². The van der Waals surface area contributed by atoms with Gasteiger partial charge in [-0.25, -0.2) is 0 Å². The number of non-ortho nitro benzene ring substituents is 1. The molecule has 1 aliphatic heterocycles. The van der Waals surface area contributed by atoms with Crippen LogP contribution in [0, 0.1) is 19.6 Å². The lowest BCUT2D eigenvalue weighted by molar-refractivity contribution is -0.384. The van der Waals surface area contributed by atoms with Gasteiger partial charge in [-0.3, -0.25) is 14.9 Å². The number of halogens is 1. The fraction of sp³-hybridized carbons (Fsp3) is 0.222. The van der Waals surface area contributed by atoms with Gasteiger partial charge in [-0.2, -0.15) is 0 Å². The number of nitro benzene ring substituents is 1. The van der Waals surface area contributed by atoms with Gasteiger partial charge >= 0.3 is 0 Å². The van der Waals surface area contributed by atoms with Crippen LogP contribution in [0.25, 0.3) is 11.6 Å². The number of ether oxygens (including phenoxy) is 2. The second-order valence-electron chi connectivity index (χ2n) is 8.63. The molecule has 0 unspecified atom stereocenters. The second-order valence-corrected chi connectivity index (χ2v) is 9.79. The van der Waals surface area contributed by atoms with Gasteiger partial charge in [0.15, 0.2) is 11.5 Å². The minimum atomic E-state index is -0.431. The molecule has 0 bridgehead atoms. The molecule has 0 radical (unpaired) electrons. The van der Waals surface area contributed by atoms with Crippen LogP contribution in [0.5, 0.6) is 11.5 Å². The van der Waals surface area contributed by atoms with Crippen molar-refractivity contribution in [2.75, 3.05) is 18.6 Å². The lowest BCUT2D eigenvalue weighted by Gasteiger charge is -2.19. The molecule has 0 atom stereocenters. The zero-order valence-corrected chi connectivity index (χ0v) is 21.8. The molecular formula is C27H25IN2O5. The fourth-order valence-corrected chi connectivity index (χ4v) is 4.77. The molecule has 0 fully saturated rings. The number of carbonyl (C=O) groups excluding carboxylic acids is 1. The Kier molecular flexibility index (Phi) is 7.39. The van der Waals surface area contributed by atoms with E-state index in [0.29, 0.717) is 29.5 Å². The molecule has 0 aromatic heterocycles. The summed E-state index contributed by atoms with van der Waals surface area (Å²) in [5.41, 5.74) is 4.18. The van der Waals surface area contributed by atoms with Gasteiger partial charge in [-0.1, -0.05) is 32.0 Å². The summed E-state index contributed by atoms with van der Waals surface area (Å²) in [7, 11) is 1.57. The number of hydrogen-bond donors (Lipinski definition) is 0. The predicted octanol–water partition coefficient (Wildman–Crippen LogP) is 6.33. The van der Waals surface area contributed by atoms with E-state index in [2.05, 4.69) is 36.4 Å². The van der Waals surface area contributed by atoms with Crippen LogP contribution in [0.15, 0.2) is 60.7 Å². The molecular weight excluding hydrogens is 559 g/mol. The van der Waals surface area contributed by atoms with E-state index in [9.17, 15) is 14.9 Å². The Bertz CT molecular complexity index is 1300. The summed E-state index contributed by atoms with van der Waals surface area (Å²) < 4.78 is 12.4. The Labute approximate surface area is 217 Å². The largest absolute Gasteiger partial charge is 0.493 e. The average Bonchev–Trinajstić information content (AvgIpc) is 3.09. The maximum absolute atomic E-state index is 13.3. The predicted molar refractivity (Wildman–Crippen MR) is 145 cm³/mol. The summed E-state index contributed by atoms with van der Waals surface area (Å²) >= 11 is 2.18. The highest BCUT2D eigenvalue weighted by Crippen LogP contribution is 2.40. The lowest BCUT2D eigenvalue weighted by atomic mass is 10.0. The number of amides is 1. The molecule has 180 valence electrons. The Balaban J connectivity index is 1.62. The molecule has 35 heavy (non-hydrogen) atoms. The number of carbonyl (C=O) groups is 1. The third-order valence-electron chi connectivity index (χ3n) is 5.60. The van der Waals surface area contributed by atoms with E-state index in [1.165, 1.54) is 12.1 Å². The minimum absolute atomic E-state index is 0.00706. The van der Waals surface area contributed by atoms with Gasteiger partial charge in [0.05, 0.1) is 21.3 Å². The summed E-state index contributed by atoms with van der Waals surface area (Å²) in [5, 5.41) is 10.9. The highest BCUT2D eigenvalue weighted by Gasteiger charge is 2.32. The minimum Gasteiger partial charge on any atom is -0.493 e. The zero-order valence-electron chi connectivity index (χ0n) is 19.7. The van der Waals surface area contributed by atoms with Crippen LogP contribution in [0.3, 0.4) is 0 Å². The first-order chi connectivity index (χ1) is 16.8. The van der Waals surface area contributed by atoms with Crippen LogP contribution in [0.1, 0.15) is 30.5 Å². The quantitative estimate of drug-likeness (QED) is 0.134. The summed E-state index contributed by atoms with van der Waals surface area (Å²) in [6.07, 6.45) is 1.90. The van der Waals surface area contributed by atoms with Crippen molar-refractivity contribution in [2.24, 2.45) is 5.92 Å². The Morgan fingerprint density at radius 2 is 1.83 bits per heavy atom. The third kappa shape index (κ3) is 5.32. The van der Waals surface area contributed by atoms with E-state index < -0.39 is 4.92 Å². The van der Waals surface area contributed by atoms with Gasteiger partial charge in [0, 0.05) is 29.8 Å². The maximum Gasteiger partial charge on any atom is 0.269 e. The van der Waals surface area contributed by atoms with E-state index >= 15 is 0 Å². The fourth-order valence-electron chi connectivity index (χ4n) is 3.99. The molecule has 0 saturated heterocycles. The maximum atomic E-state index is 13.3. The van der Waals surface area contributed by atoms with E-state index in [-0.39, 0.29) is 18.2 Å². The van der Waals surface area contributed by atoms with Crippen molar-refractivity contribution in [3.05, 3.63) is 91.0 Å². The molecule has 7 nitrogen and oxygen atoms in total. The second kappa shape index (κ2) is 10.5. The number of fused-ring (bicyclic) bond motifs is 1. The van der Waals surface area contributed by atoms with E-state index in [1.54, 1.807) is 19.2 Å². The van der Waals surface area contributed by atoms with Crippen LogP contribution >= 0.6 is 22.6 Å². The van der Waals surface area contributed by atoms with Crippen molar-refractivity contribution in [3.8, 4) is 11.5 Å². The molecule has 0 spiro atoms. The molecule has 0 N–H and O–H groups in total. The molecule has 0 saturated carbocycles. The normalized spacial score (nSPS) is 13.9. The number of rotatable bonds is 8. The van der Waals surface area contributed by atoms with Gasteiger partial charge in [-0.15, -0.1) is 0 Å². The molecule has 1 aliphatic rings. The molecule has 0 aliphatic carbocycles. The van der Waals surface area contributed by atoms with Crippen LogP contribution in [0.2, 0.25) is 0 Å². The average molecular weight is 584 g/mol. The number of methoxy groups -OCH3 is 1. The highest BCUT2D eigenvalue weighted by atomic mass is 127. The van der Waals surface area contributed by atoms with Crippen LogP contribution in [-0.4, -0.2) is 24.5 Å². The van der Waals surface area contributed by atoms with Crippen molar-refractivity contribution in [3.63, 3.8) is 0 Å². The number of benzene rings is 3. The molecule has 3 aromatic rings. The first-order valence-corrected chi connectivity index (χ1v) is 12.2. The van der Waals surface area contributed by atoms with Crippen LogP contribution < -0.4 is 14.4 Å². The standard InChI is InChI=1S/C27H25IN2O5/c1-17(2)15-29-24-7-5-4-6-21(24)22(27(29)31)12-19-13-23(28)26(25(14-19)34-3)35-16-18-8-10-20(11-9-18)30(32)33/h4-14,17H,15-16H2,1-3H3/b22-12-. The Hall–Kier alpha value is -3.40. The van der Waals surface area contributed by atoms with Gasteiger partial charge in [0.25, 0.3) is 11.6 Å². The summed E-state index contributed by atoms with van der Waals surface area (Å²) in [6, 6.07) is 17.9. The van der Waals surface area contributed by atoms with E-state index in [0.717, 1.165) is 25.9 Å². The number of nitro groups is 1. The van der Waals surface area contributed by atoms with Gasteiger partial charge in [-0.05, 0) is 76.0 Å². The third-order valence-corrected chi connectivity index (χ3v) is 6.40. The topological polar surface area (TPSA) is 81.9 Å². The van der Waals surface area contributed by atoms with Crippen molar-refractivity contribution in [1.82, 2.24) is 0 Å². The molecule has 4 rings (SSSR count). The smallest absolute Gasteiger partial charge is 0.269 e. The monoisotopic (exact) mass is 584 g/mol. The first-order valence-electron chi connectivity index (χ1n) is 11.1. The summed E-state index contributed by atoms with van der Waals surface area (Å²) in [6.45, 7) is 5.09. The first kappa shape index (κ1) is 24.7. The lowest BCUT2D eigenvalue weighted by Crippen LogP contribution is -2.30. The Morgan fingerprint density at radius 1 is 1.11 bits per heavy atom. The zero-order chi connectivity index (χ0) is 25.1. The van der Waals surface area contributed by atoms with Crippen LogP contribution in [-0.2, 0) is 11.4 Å². The SMILES string of the molecule is COc1cc(/C=C2\C(=O)N(CC(C)C)c3ccccc32)cc(I)c1OCc1ccc([N+](=O)[O-])cc1. The van der Waals surface area contributed by atoms with Crippen molar-refractivity contribution >= 4 is 51.5 Å². The van der Waals surface area contributed by atoms with Gasteiger partial charge < -0.3 is 14.4 Å². The highest BCUT2D eigenvalue weighted by molar-refractivity contribution is 14.1. The van der Waals surface area contributed by atoms with E-state index in [1.807, 2.05) is 47.4 Å². The van der Waals surface area contributed by atoms with Crippen LogP contribution in [0.4, 0.5) is 11.4 Å². The Morgan fingerprint density at radius 3 is 2.49 bits per heavy atom. The number of nitrogens with zero attached hydrogens (tertiary/aromatic N) is 2. The number of hydrogen-bond acceptors (Lipinski definition) is 5. The summed E-state index contributed by atoms with van der Waals surface area (Å²) in [5.74, 6) is 1.46. The molecule has 1 amide bonds. The molecule has 3 aromatic carbocycles. The van der Waals surface area contributed by atoms with Gasteiger partial charge in [0.2, 0.25) is 0 Å². The van der Waals surface area contributed by atoms with Crippen molar-refractivity contribution in [2.45, 2.75) is 20.5 Å². The number of anilines is 1. The van der Waals surface area contributed by atoms with Gasteiger partial charge in [0.1, 0.15) is 6.61 Å².